The Bertz CT molecular complexity index is 361. The Morgan fingerprint density at radius 1 is 1.56 bits per heavy atom. The number of carbonyl (C=O) groups is 2. The SMILES string of the molecule is CC(NC(=O)C(N)CC(N)=O)c1ccco1. The second-order valence-electron chi connectivity index (χ2n) is 3.52. The van der Waals surface area contributed by atoms with Gasteiger partial charge < -0.3 is 21.2 Å². The van der Waals surface area contributed by atoms with Gasteiger partial charge in [-0.25, -0.2) is 0 Å². The van der Waals surface area contributed by atoms with Gasteiger partial charge in [-0.3, -0.25) is 9.59 Å². The van der Waals surface area contributed by atoms with Crippen LogP contribution in [-0.2, 0) is 9.59 Å². The molecule has 0 fully saturated rings. The van der Waals surface area contributed by atoms with Gasteiger partial charge in [0.2, 0.25) is 11.8 Å². The van der Waals surface area contributed by atoms with E-state index in [4.69, 9.17) is 15.9 Å². The Balaban J connectivity index is 2.48. The van der Waals surface area contributed by atoms with Crippen molar-refractivity contribution in [3.63, 3.8) is 0 Å². The summed E-state index contributed by atoms with van der Waals surface area (Å²) in [5.41, 5.74) is 10.4. The van der Waals surface area contributed by atoms with Crippen molar-refractivity contribution in [1.29, 1.82) is 0 Å². The summed E-state index contributed by atoms with van der Waals surface area (Å²) in [6, 6.07) is 2.25. The van der Waals surface area contributed by atoms with E-state index in [2.05, 4.69) is 5.32 Å². The molecule has 1 aromatic rings. The lowest BCUT2D eigenvalue weighted by molar-refractivity contribution is -0.126. The van der Waals surface area contributed by atoms with Gasteiger partial charge in [0, 0.05) is 0 Å². The third-order valence-electron chi connectivity index (χ3n) is 2.09. The van der Waals surface area contributed by atoms with Gasteiger partial charge >= 0.3 is 0 Å². The van der Waals surface area contributed by atoms with Gasteiger partial charge in [-0.05, 0) is 19.1 Å². The quantitative estimate of drug-likeness (QED) is 0.636. The molecule has 0 saturated heterocycles. The highest BCUT2D eigenvalue weighted by Crippen LogP contribution is 2.12. The maximum atomic E-state index is 11.5. The number of hydrogen-bond acceptors (Lipinski definition) is 4. The maximum absolute atomic E-state index is 11.5. The summed E-state index contributed by atoms with van der Waals surface area (Å²) >= 11 is 0. The zero-order valence-corrected chi connectivity index (χ0v) is 8.97. The molecule has 2 atom stereocenters. The van der Waals surface area contributed by atoms with Gasteiger partial charge in [0.25, 0.3) is 0 Å². The van der Waals surface area contributed by atoms with Crippen LogP contribution in [0.3, 0.4) is 0 Å². The summed E-state index contributed by atoms with van der Waals surface area (Å²) in [4.78, 5) is 22.1. The van der Waals surface area contributed by atoms with Crippen molar-refractivity contribution in [2.75, 3.05) is 0 Å². The molecular formula is C10H15N3O3. The Labute approximate surface area is 93.0 Å². The molecule has 6 nitrogen and oxygen atoms in total. The first-order chi connectivity index (χ1) is 7.50. The molecule has 1 aromatic heterocycles. The van der Waals surface area contributed by atoms with Crippen LogP contribution in [0.25, 0.3) is 0 Å². The smallest absolute Gasteiger partial charge is 0.238 e. The first-order valence-electron chi connectivity index (χ1n) is 4.88. The van der Waals surface area contributed by atoms with Crippen LogP contribution in [0.15, 0.2) is 22.8 Å². The lowest BCUT2D eigenvalue weighted by Crippen LogP contribution is -2.43. The summed E-state index contributed by atoms with van der Waals surface area (Å²) in [5.74, 6) is -0.407. The number of furan rings is 1. The van der Waals surface area contributed by atoms with E-state index in [0.717, 1.165) is 0 Å². The molecule has 0 aromatic carbocycles. The third-order valence-corrected chi connectivity index (χ3v) is 2.09. The largest absolute Gasteiger partial charge is 0.467 e. The second kappa shape index (κ2) is 5.32. The van der Waals surface area contributed by atoms with Crippen LogP contribution in [-0.4, -0.2) is 17.9 Å². The molecule has 2 amide bonds. The van der Waals surface area contributed by atoms with Crippen molar-refractivity contribution in [2.45, 2.75) is 25.4 Å². The van der Waals surface area contributed by atoms with Gasteiger partial charge in [-0.15, -0.1) is 0 Å². The van der Waals surface area contributed by atoms with Crippen LogP contribution in [0, 0.1) is 0 Å². The number of carbonyl (C=O) groups excluding carboxylic acids is 2. The zero-order chi connectivity index (χ0) is 12.1. The fourth-order valence-electron chi connectivity index (χ4n) is 1.24. The lowest BCUT2D eigenvalue weighted by Gasteiger charge is -2.14. The highest BCUT2D eigenvalue weighted by molar-refractivity contribution is 5.87. The molecule has 2 unspecified atom stereocenters. The van der Waals surface area contributed by atoms with Gasteiger partial charge in [0.15, 0.2) is 0 Å². The molecule has 0 aliphatic heterocycles. The minimum atomic E-state index is -0.921. The predicted octanol–water partition coefficient (Wildman–Crippen LogP) is -0.340. The number of nitrogens with one attached hydrogen (secondary N) is 1. The average Bonchev–Trinajstić information content (AvgIpc) is 2.68. The summed E-state index contributed by atoms with van der Waals surface area (Å²) in [5, 5.41) is 2.62. The fraction of sp³-hybridized carbons (Fsp3) is 0.400. The molecule has 16 heavy (non-hydrogen) atoms. The van der Waals surface area contributed by atoms with Crippen molar-refractivity contribution >= 4 is 11.8 Å². The van der Waals surface area contributed by atoms with Gasteiger partial charge in [0.05, 0.1) is 24.8 Å². The Kier molecular flexibility index (Phi) is 4.07. The van der Waals surface area contributed by atoms with Crippen LogP contribution in [0.2, 0.25) is 0 Å². The van der Waals surface area contributed by atoms with E-state index in [0.29, 0.717) is 5.76 Å². The molecule has 1 heterocycles. The highest BCUT2D eigenvalue weighted by atomic mass is 16.3. The Morgan fingerprint density at radius 2 is 2.25 bits per heavy atom. The summed E-state index contributed by atoms with van der Waals surface area (Å²) in [7, 11) is 0. The molecular weight excluding hydrogens is 210 g/mol. The summed E-state index contributed by atoms with van der Waals surface area (Å²) in [6.07, 6.45) is 1.35. The highest BCUT2D eigenvalue weighted by Gasteiger charge is 2.19. The van der Waals surface area contributed by atoms with Crippen LogP contribution < -0.4 is 16.8 Å². The van der Waals surface area contributed by atoms with Crippen LogP contribution in [0.5, 0.6) is 0 Å². The monoisotopic (exact) mass is 225 g/mol. The molecule has 1 rings (SSSR count). The van der Waals surface area contributed by atoms with Gasteiger partial charge in [0.1, 0.15) is 5.76 Å². The number of hydrogen-bond donors (Lipinski definition) is 3. The normalized spacial score (nSPS) is 14.1. The molecule has 0 bridgehead atoms. The van der Waals surface area contributed by atoms with Gasteiger partial charge in [-0.1, -0.05) is 0 Å². The van der Waals surface area contributed by atoms with Crippen LogP contribution >= 0.6 is 0 Å². The predicted molar refractivity (Wildman–Crippen MR) is 57.1 cm³/mol. The Hall–Kier alpha value is -1.82. The van der Waals surface area contributed by atoms with E-state index < -0.39 is 17.9 Å². The van der Waals surface area contributed by atoms with E-state index in [9.17, 15) is 9.59 Å². The topological polar surface area (TPSA) is 111 Å². The van der Waals surface area contributed by atoms with E-state index in [1.807, 2.05) is 0 Å². The fourth-order valence-corrected chi connectivity index (χ4v) is 1.24. The molecule has 0 aliphatic carbocycles. The maximum Gasteiger partial charge on any atom is 0.238 e. The summed E-state index contributed by atoms with van der Waals surface area (Å²) < 4.78 is 5.11. The molecule has 88 valence electrons. The van der Waals surface area contributed by atoms with E-state index >= 15 is 0 Å². The molecule has 0 saturated carbocycles. The number of rotatable bonds is 5. The van der Waals surface area contributed by atoms with Crippen LogP contribution in [0.4, 0.5) is 0 Å². The first kappa shape index (κ1) is 12.3. The van der Waals surface area contributed by atoms with Crippen molar-refractivity contribution in [1.82, 2.24) is 5.32 Å². The van der Waals surface area contributed by atoms with E-state index in [-0.39, 0.29) is 12.5 Å². The van der Waals surface area contributed by atoms with Crippen molar-refractivity contribution < 1.29 is 14.0 Å². The minimum Gasteiger partial charge on any atom is -0.467 e. The molecule has 0 aliphatic rings. The zero-order valence-electron chi connectivity index (χ0n) is 8.97. The molecule has 6 heteroatoms. The van der Waals surface area contributed by atoms with Crippen molar-refractivity contribution in [3.8, 4) is 0 Å². The molecule has 0 spiro atoms. The number of nitrogens with two attached hydrogens (primary N) is 2. The molecule has 0 radical (unpaired) electrons. The lowest BCUT2D eigenvalue weighted by atomic mass is 10.1. The van der Waals surface area contributed by atoms with Gasteiger partial charge in [-0.2, -0.15) is 0 Å². The van der Waals surface area contributed by atoms with Crippen molar-refractivity contribution in [3.05, 3.63) is 24.2 Å². The second-order valence-corrected chi connectivity index (χ2v) is 3.52. The minimum absolute atomic E-state index is 0.170. The van der Waals surface area contributed by atoms with E-state index in [1.54, 1.807) is 19.1 Å². The number of primary amides is 1. The number of amides is 2. The average molecular weight is 225 g/mol. The molecule has 5 N–H and O–H groups in total. The Morgan fingerprint density at radius 3 is 2.75 bits per heavy atom. The van der Waals surface area contributed by atoms with E-state index in [1.165, 1.54) is 6.26 Å². The van der Waals surface area contributed by atoms with Crippen molar-refractivity contribution in [2.24, 2.45) is 11.5 Å². The summed E-state index contributed by atoms with van der Waals surface area (Å²) in [6.45, 7) is 1.76. The third kappa shape index (κ3) is 3.39. The standard InChI is InChI=1S/C10H15N3O3/c1-6(8-3-2-4-16-8)13-10(15)7(11)5-9(12)14/h2-4,6-7H,5,11H2,1H3,(H2,12,14)(H,13,15). The first-order valence-corrected chi connectivity index (χ1v) is 4.88. The van der Waals surface area contributed by atoms with Crippen LogP contribution in [0.1, 0.15) is 25.1 Å².